The maximum Gasteiger partial charge on any atom is 0.146 e. The summed E-state index contributed by atoms with van der Waals surface area (Å²) in [5.74, 6) is 2.23. The molecule has 1 aromatic carbocycles. The van der Waals surface area contributed by atoms with Crippen LogP contribution in [0.1, 0.15) is 31.4 Å². The predicted molar refractivity (Wildman–Crippen MR) is 92.9 cm³/mol. The third-order valence-corrected chi connectivity index (χ3v) is 5.33. The van der Waals surface area contributed by atoms with Gasteiger partial charge in [0.15, 0.2) is 0 Å². The molecule has 5 rings (SSSR count). The summed E-state index contributed by atoms with van der Waals surface area (Å²) in [4.78, 5) is 7.29. The standard InChI is InChI=1S/C19H22N4O/c1-13-9-19(22-15-7-8-16(22)12-24-11-15)23-18(20-13)10-17(21-23)14-5-3-2-4-6-14/h2-6,9-10,15-17,21H,7-8,11-12H2,1H3. The molecule has 0 aliphatic carbocycles. The van der Waals surface area contributed by atoms with Crippen molar-refractivity contribution in [2.24, 2.45) is 4.99 Å². The van der Waals surface area contributed by atoms with Crippen molar-refractivity contribution in [1.82, 2.24) is 15.3 Å². The third-order valence-electron chi connectivity index (χ3n) is 5.33. The first-order valence-corrected chi connectivity index (χ1v) is 8.76. The zero-order valence-electron chi connectivity index (χ0n) is 13.9. The predicted octanol–water partition coefficient (Wildman–Crippen LogP) is 2.57. The first-order chi connectivity index (χ1) is 11.8. The van der Waals surface area contributed by atoms with E-state index in [2.05, 4.69) is 64.7 Å². The van der Waals surface area contributed by atoms with Crippen molar-refractivity contribution in [2.75, 3.05) is 13.2 Å². The van der Waals surface area contributed by atoms with Crippen LogP contribution in [0.3, 0.4) is 0 Å². The van der Waals surface area contributed by atoms with Crippen LogP contribution in [0.15, 0.2) is 59.1 Å². The van der Waals surface area contributed by atoms with Gasteiger partial charge in [-0.25, -0.2) is 15.4 Å². The largest absolute Gasteiger partial charge is 0.377 e. The second-order valence-corrected chi connectivity index (χ2v) is 6.96. The molecule has 0 radical (unpaired) electrons. The number of morpholine rings is 1. The number of hydrogen-bond donors (Lipinski definition) is 1. The molecule has 2 fully saturated rings. The highest BCUT2D eigenvalue weighted by molar-refractivity contribution is 5.95. The second-order valence-electron chi connectivity index (χ2n) is 6.96. The van der Waals surface area contributed by atoms with Gasteiger partial charge in [0.2, 0.25) is 0 Å². The van der Waals surface area contributed by atoms with E-state index >= 15 is 0 Å². The molecule has 3 unspecified atom stereocenters. The molecular weight excluding hydrogens is 300 g/mol. The Balaban J connectivity index is 1.48. The van der Waals surface area contributed by atoms with E-state index in [0.29, 0.717) is 12.1 Å². The Morgan fingerprint density at radius 1 is 1.12 bits per heavy atom. The fourth-order valence-corrected chi connectivity index (χ4v) is 4.22. The fraction of sp³-hybridized carbons (Fsp3) is 0.421. The van der Waals surface area contributed by atoms with Gasteiger partial charge in [0.1, 0.15) is 11.6 Å². The molecule has 24 heavy (non-hydrogen) atoms. The minimum absolute atomic E-state index is 0.165. The van der Waals surface area contributed by atoms with Gasteiger partial charge in [-0.15, -0.1) is 0 Å². The lowest BCUT2D eigenvalue weighted by molar-refractivity contribution is -0.0132. The molecule has 5 heteroatoms. The van der Waals surface area contributed by atoms with Crippen molar-refractivity contribution >= 4 is 5.71 Å². The van der Waals surface area contributed by atoms with Crippen LogP contribution in [-0.2, 0) is 4.74 Å². The van der Waals surface area contributed by atoms with Crippen LogP contribution in [0.4, 0.5) is 0 Å². The van der Waals surface area contributed by atoms with Crippen molar-refractivity contribution in [3.05, 3.63) is 59.7 Å². The lowest BCUT2D eigenvalue weighted by Crippen LogP contribution is -2.51. The molecule has 4 heterocycles. The molecule has 4 aliphatic heterocycles. The summed E-state index contributed by atoms with van der Waals surface area (Å²) in [6.07, 6.45) is 6.85. The molecule has 2 saturated heterocycles. The summed E-state index contributed by atoms with van der Waals surface area (Å²) in [7, 11) is 0. The van der Waals surface area contributed by atoms with Crippen molar-refractivity contribution in [1.29, 1.82) is 0 Å². The van der Waals surface area contributed by atoms with E-state index in [-0.39, 0.29) is 6.04 Å². The molecule has 4 aliphatic rings. The number of hydrazine groups is 1. The Bertz CT molecular complexity index is 723. The summed E-state index contributed by atoms with van der Waals surface area (Å²) >= 11 is 0. The van der Waals surface area contributed by atoms with Gasteiger partial charge < -0.3 is 9.64 Å². The topological polar surface area (TPSA) is 40.1 Å². The lowest BCUT2D eigenvalue weighted by atomic mass is 10.1. The first-order valence-electron chi connectivity index (χ1n) is 8.76. The van der Waals surface area contributed by atoms with Crippen LogP contribution >= 0.6 is 0 Å². The number of benzene rings is 1. The van der Waals surface area contributed by atoms with Gasteiger partial charge in [0.25, 0.3) is 0 Å². The smallest absolute Gasteiger partial charge is 0.146 e. The number of nitrogens with zero attached hydrogens (tertiary/aromatic N) is 3. The molecule has 0 amide bonds. The Hall–Kier alpha value is -2.11. The van der Waals surface area contributed by atoms with E-state index in [9.17, 15) is 0 Å². The van der Waals surface area contributed by atoms with Crippen LogP contribution in [0.2, 0.25) is 0 Å². The number of allylic oxidation sites excluding steroid dienone is 1. The molecule has 124 valence electrons. The molecule has 1 aromatic rings. The fourth-order valence-electron chi connectivity index (χ4n) is 4.22. The van der Waals surface area contributed by atoms with Crippen LogP contribution in [0.5, 0.6) is 0 Å². The van der Waals surface area contributed by atoms with Crippen molar-refractivity contribution in [3.8, 4) is 0 Å². The second kappa shape index (κ2) is 5.46. The molecule has 1 N–H and O–H groups in total. The van der Waals surface area contributed by atoms with Crippen LogP contribution in [-0.4, -0.2) is 40.9 Å². The first kappa shape index (κ1) is 14.3. The number of nitrogens with one attached hydrogen (secondary N) is 1. The van der Waals surface area contributed by atoms with E-state index < -0.39 is 0 Å². The van der Waals surface area contributed by atoms with Gasteiger partial charge >= 0.3 is 0 Å². The maximum atomic E-state index is 5.75. The van der Waals surface area contributed by atoms with E-state index in [1.807, 2.05) is 0 Å². The SMILES string of the molecule is CC1=NC2=CC(c3ccccc3)NN2C(N2C3CCC2COC3)=C1. The van der Waals surface area contributed by atoms with Crippen LogP contribution in [0.25, 0.3) is 0 Å². The van der Waals surface area contributed by atoms with Crippen LogP contribution in [0, 0.1) is 0 Å². The van der Waals surface area contributed by atoms with E-state index in [4.69, 9.17) is 9.73 Å². The highest BCUT2D eigenvalue weighted by Gasteiger charge is 2.42. The summed E-state index contributed by atoms with van der Waals surface area (Å²) in [5, 5.41) is 2.17. The number of ether oxygens (including phenoxy) is 1. The van der Waals surface area contributed by atoms with Crippen molar-refractivity contribution in [2.45, 2.75) is 37.9 Å². The lowest BCUT2D eigenvalue weighted by Gasteiger charge is -2.42. The van der Waals surface area contributed by atoms with Crippen LogP contribution < -0.4 is 5.43 Å². The van der Waals surface area contributed by atoms with Crippen molar-refractivity contribution < 1.29 is 4.74 Å². The van der Waals surface area contributed by atoms with E-state index in [1.165, 1.54) is 24.2 Å². The molecule has 0 saturated carbocycles. The Kier molecular flexibility index (Phi) is 3.24. The summed E-state index contributed by atoms with van der Waals surface area (Å²) < 4.78 is 5.75. The van der Waals surface area contributed by atoms with E-state index in [0.717, 1.165) is 24.7 Å². The molecule has 0 spiro atoms. The van der Waals surface area contributed by atoms with Gasteiger partial charge in [-0.05, 0) is 31.4 Å². The number of fused-ring (bicyclic) bond motifs is 3. The highest BCUT2D eigenvalue weighted by atomic mass is 16.5. The number of rotatable bonds is 2. The summed E-state index contributed by atoms with van der Waals surface area (Å²) in [6, 6.07) is 11.7. The molecule has 2 bridgehead atoms. The van der Waals surface area contributed by atoms with Gasteiger partial charge in [-0.3, -0.25) is 0 Å². The quantitative estimate of drug-likeness (QED) is 0.908. The molecule has 0 aromatic heterocycles. The average Bonchev–Trinajstić information content (AvgIpc) is 3.13. The van der Waals surface area contributed by atoms with Gasteiger partial charge in [0, 0.05) is 11.8 Å². The molecular formula is C19H22N4O. The van der Waals surface area contributed by atoms with Crippen molar-refractivity contribution in [3.63, 3.8) is 0 Å². The maximum absolute atomic E-state index is 5.75. The monoisotopic (exact) mass is 322 g/mol. The number of hydrogen-bond acceptors (Lipinski definition) is 5. The van der Waals surface area contributed by atoms with Gasteiger partial charge in [-0.1, -0.05) is 30.3 Å². The third kappa shape index (κ3) is 2.19. The molecule has 5 nitrogen and oxygen atoms in total. The normalized spacial score (nSPS) is 31.5. The minimum Gasteiger partial charge on any atom is -0.377 e. The number of aliphatic imine (C=N–C) groups is 1. The summed E-state index contributed by atoms with van der Waals surface area (Å²) in [6.45, 7) is 3.74. The highest BCUT2D eigenvalue weighted by Crippen LogP contribution is 2.38. The van der Waals surface area contributed by atoms with Gasteiger partial charge in [-0.2, -0.15) is 0 Å². The zero-order valence-corrected chi connectivity index (χ0v) is 13.9. The minimum atomic E-state index is 0.165. The Morgan fingerprint density at radius 3 is 2.62 bits per heavy atom. The molecule has 3 atom stereocenters. The Morgan fingerprint density at radius 2 is 1.88 bits per heavy atom. The Labute approximate surface area is 142 Å². The van der Waals surface area contributed by atoms with Gasteiger partial charge in [0.05, 0.1) is 31.3 Å². The summed E-state index contributed by atoms with van der Waals surface area (Å²) in [5.41, 5.74) is 5.95. The zero-order chi connectivity index (χ0) is 16.1. The van der Waals surface area contributed by atoms with E-state index in [1.54, 1.807) is 0 Å². The average molecular weight is 322 g/mol.